The molecule has 2 nitrogen and oxygen atoms in total. The van der Waals surface area contributed by atoms with E-state index in [9.17, 15) is 0 Å². The molecule has 0 spiro atoms. The van der Waals surface area contributed by atoms with Crippen LogP contribution in [0.4, 0.5) is 5.69 Å². The Kier molecular flexibility index (Phi) is 4.04. The van der Waals surface area contributed by atoms with E-state index >= 15 is 0 Å². The maximum Gasteiger partial charge on any atom is 0.199 e. The second-order valence-electron chi connectivity index (χ2n) is 9.51. The third-order valence-electron chi connectivity index (χ3n) is 7.40. The first kappa shape index (κ1) is 18.1. The molecular formula is C27H29N2Si+. The highest BCUT2D eigenvalue weighted by atomic mass is 28.3. The third-order valence-corrected chi connectivity index (χ3v) is 10.9. The van der Waals surface area contributed by atoms with E-state index in [0.717, 1.165) is 0 Å². The van der Waals surface area contributed by atoms with Gasteiger partial charge in [-0.3, -0.25) is 0 Å². The van der Waals surface area contributed by atoms with Gasteiger partial charge in [0.1, 0.15) is 21.2 Å². The van der Waals surface area contributed by atoms with Gasteiger partial charge >= 0.3 is 0 Å². The Balaban J connectivity index is 1.61. The molecule has 0 N–H and O–H groups in total. The molecule has 3 heterocycles. The summed E-state index contributed by atoms with van der Waals surface area (Å²) in [5.74, 6) is 0. The van der Waals surface area contributed by atoms with Gasteiger partial charge in [0.25, 0.3) is 0 Å². The van der Waals surface area contributed by atoms with Crippen LogP contribution in [-0.4, -0.2) is 44.5 Å². The SMILES string of the molecule is C[Si]1(C)C2=CC(=[N+]3CCC3)C=CC2=C(c2ccccc2)c2ccc(N3CCC3)cc21. The molecule has 0 saturated carbocycles. The lowest BCUT2D eigenvalue weighted by atomic mass is 9.89. The first-order chi connectivity index (χ1) is 14.6. The Morgan fingerprint density at radius 1 is 0.900 bits per heavy atom. The maximum absolute atomic E-state index is 2.55. The summed E-state index contributed by atoms with van der Waals surface area (Å²) >= 11 is 0. The molecule has 0 unspecified atom stereocenters. The van der Waals surface area contributed by atoms with Crippen LogP contribution in [0.3, 0.4) is 0 Å². The van der Waals surface area contributed by atoms with E-state index in [1.165, 1.54) is 72.7 Å². The maximum atomic E-state index is 2.55. The predicted octanol–water partition coefficient (Wildman–Crippen LogP) is 4.52. The van der Waals surface area contributed by atoms with Crippen molar-refractivity contribution in [2.45, 2.75) is 25.9 Å². The second kappa shape index (κ2) is 6.68. The van der Waals surface area contributed by atoms with E-state index < -0.39 is 8.07 Å². The molecule has 0 bridgehead atoms. The molecule has 0 atom stereocenters. The van der Waals surface area contributed by atoms with Crippen molar-refractivity contribution in [3.05, 3.63) is 88.7 Å². The highest BCUT2D eigenvalue weighted by Gasteiger charge is 2.41. The number of hydrogen-bond donors (Lipinski definition) is 0. The summed E-state index contributed by atoms with van der Waals surface area (Å²) in [7, 11) is -1.81. The summed E-state index contributed by atoms with van der Waals surface area (Å²) in [6.07, 6.45) is 9.93. The molecule has 30 heavy (non-hydrogen) atoms. The molecule has 6 rings (SSSR count). The van der Waals surface area contributed by atoms with Crippen molar-refractivity contribution in [3.8, 4) is 0 Å². The molecule has 150 valence electrons. The van der Waals surface area contributed by atoms with Gasteiger partial charge in [-0.1, -0.05) is 49.5 Å². The lowest BCUT2D eigenvalue weighted by Gasteiger charge is -2.40. The van der Waals surface area contributed by atoms with Crippen LogP contribution in [0.25, 0.3) is 5.57 Å². The Bertz CT molecular complexity index is 1150. The Morgan fingerprint density at radius 3 is 2.37 bits per heavy atom. The van der Waals surface area contributed by atoms with Crippen LogP contribution in [0, 0.1) is 0 Å². The molecule has 2 aromatic carbocycles. The predicted molar refractivity (Wildman–Crippen MR) is 130 cm³/mol. The van der Waals surface area contributed by atoms with E-state index in [-0.39, 0.29) is 0 Å². The number of benzene rings is 2. The number of anilines is 1. The number of fused-ring (bicyclic) bond motifs is 2. The number of rotatable bonds is 2. The summed E-state index contributed by atoms with van der Waals surface area (Å²) in [5.41, 5.74) is 8.47. The molecule has 3 aliphatic heterocycles. The summed E-state index contributed by atoms with van der Waals surface area (Å²) in [5, 5.41) is 3.19. The fraction of sp³-hybridized carbons (Fsp3) is 0.296. The van der Waals surface area contributed by atoms with Crippen molar-refractivity contribution in [2.24, 2.45) is 0 Å². The van der Waals surface area contributed by atoms with Gasteiger partial charge in [-0.15, -0.1) is 0 Å². The van der Waals surface area contributed by atoms with Crippen LogP contribution in [0.2, 0.25) is 13.1 Å². The minimum Gasteiger partial charge on any atom is -0.371 e. The lowest BCUT2D eigenvalue weighted by molar-refractivity contribution is -0.582. The largest absolute Gasteiger partial charge is 0.371 e. The van der Waals surface area contributed by atoms with Crippen molar-refractivity contribution < 1.29 is 4.58 Å². The Morgan fingerprint density at radius 2 is 1.70 bits per heavy atom. The second-order valence-corrected chi connectivity index (χ2v) is 13.8. The minimum absolute atomic E-state index is 1.20. The summed E-state index contributed by atoms with van der Waals surface area (Å²) in [6, 6.07) is 18.3. The zero-order chi connectivity index (χ0) is 20.3. The average molecular weight is 410 g/mol. The number of allylic oxidation sites excluding steroid dienone is 5. The third kappa shape index (κ3) is 2.65. The van der Waals surface area contributed by atoms with Crippen LogP contribution < -0.4 is 10.1 Å². The summed E-state index contributed by atoms with van der Waals surface area (Å²) < 4.78 is 2.53. The fourth-order valence-electron chi connectivity index (χ4n) is 5.28. The van der Waals surface area contributed by atoms with E-state index in [1.54, 1.807) is 10.4 Å². The van der Waals surface area contributed by atoms with Crippen LogP contribution >= 0.6 is 0 Å². The average Bonchev–Trinajstić information content (AvgIpc) is 2.67. The van der Waals surface area contributed by atoms with Gasteiger partial charge in [0.2, 0.25) is 0 Å². The topological polar surface area (TPSA) is 6.25 Å². The summed E-state index contributed by atoms with van der Waals surface area (Å²) in [6.45, 7) is 9.90. The number of nitrogens with zero attached hydrogens (tertiary/aromatic N) is 2. The van der Waals surface area contributed by atoms with E-state index in [2.05, 4.69) is 89.3 Å². The first-order valence-electron chi connectivity index (χ1n) is 11.3. The molecule has 2 fully saturated rings. The van der Waals surface area contributed by atoms with E-state index in [4.69, 9.17) is 0 Å². The molecule has 0 amide bonds. The molecule has 2 aromatic rings. The number of hydrogen-bond acceptors (Lipinski definition) is 1. The zero-order valence-electron chi connectivity index (χ0n) is 18.0. The van der Waals surface area contributed by atoms with Gasteiger partial charge in [-0.05, 0) is 57.3 Å². The monoisotopic (exact) mass is 409 g/mol. The molecule has 1 aliphatic carbocycles. The molecule has 0 aromatic heterocycles. The molecule has 3 heteroatoms. The van der Waals surface area contributed by atoms with Crippen molar-refractivity contribution in [1.82, 2.24) is 0 Å². The van der Waals surface area contributed by atoms with Gasteiger partial charge in [0.05, 0.1) is 6.42 Å². The highest BCUT2D eigenvalue weighted by molar-refractivity contribution is 6.98. The van der Waals surface area contributed by atoms with Crippen LogP contribution in [0.15, 0.2) is 77.5 Å². The van der Waals surface area contributed by atoms with Crippen molar-refractivity contribution in [3.63, 3.8) is 0 Å². The normalized spacial score (nSPS) is 21.5. The standard InChI is InChI=1S/C27H29N2Si/c1-30(2)25-18-21(28-14-6-15-28)10-12-23(25)27(20-8-4-3-5-9-20)24-13-11-22(19-26(24)30)29-16-7-17-29/h3-5,8-13,18-19H,6-7,14-17H2,1-2H3/q+1. The molecule has 4 aliphatic rings. The smallest absolute Gasteiger partial charge is 0.199 e. The quantitative estimate of drug-likeness (QED) is 0.522. The fourth-order valence-corrected chi connectivity index (χ4v) is 8.35. The van der Waals surface area contributed by atoms with Crippen LogP contribution in [0.1, 0.15) is 24.0 Å². The Labute approximate surface area is 180 Å². The summed E-state index contributed by atoms with van der Waals surface area (Å²) in [4.78, 5) is 2.53. The highest BCUT2D eigenvalue weighted by Crippen LogP contribution is 2.42. The molecule has 2 saturated heterocycles. The van der Waals surface area contributed by atoms with Gasteiger partial charge in [-0.25, -0.2) is 4.58 Å². The van der Waals surface area contributed by atoms with E-state index in [1.807, 2.05) is 0 Å². The van der Waals surface area contributed by atoms with Crippen molar-refractivity contribution >= 4 is 30.2 Å². The lowest BCUT2D eigenvalue weighted by Crippen LogP contribution is -2.50. The van der Waals surface area contributed by atoms with Gasteiger partial charge in [-0.2, -0.15) is 0 Å². The van der Waals surface area contributed by atoms with E-state index in [0.29, 0.717) is 0 Å². The van der Waals surface area contributed by atoms with Crippen LogP contribution in [0.5, 0.6) is 0 Å². The molecular weight excluding hydrogens is 380 g/mol. The van der Waals surface area contributed by atoms with Gasteiger partial charge in [0, 0.05) is 30.9 Å². The zero-order valence-corrected chi connectivity index (χ0v) is 19.0. The molecule has 0 radical (unpaired) electrons. The van der Waals surface area contributed by atoms with Crippen molar-refractivity contribution in [1.29, 1.82) is 0 Å². The van der Waals surface area contributed by atoms with Crippen molar-refractivity contribution in [2.75, 3.05) is 31.1 Å². The van der Waals surface area contributed by atoms with Crippen LogP contribution in [-0.2, 0) is 0 Å². The Hall–Kier alpha value is -2.65. The first-order valence-corrected chi connectivity index (χ1v) is 14.3. The van der Waals surface area contributed by atoms with Gasteiger partial charge < -0.3 is 4.90 Å². The minimum atomic E-state index is -1.81. The van der Waals surface area contributed by atoms with Gasteiger partial charge in [0.15, 0.2) is 5.71 Å².